The van der Waals surface area contributed by atoms with E-state index in [9.17, 15) is 14.7 Å². The first-order chi connectivity index (χ1) is 11.0. The molecule has 2 fully saturated rings. The number of halogens is 1. The normalized spacial score (nSPS) is 21.4. The third-order valence-electron chi connectivity index (χ3n) is 5.41. The lowest BCUT2D eigenvalue weighted by molar-refractivity contribution is -0.151. The second-order valence-corrected chi connectivity index (χ2v) is 7.36. The fourth-order valence-corrected chi connectivity index (χ4v) is 3.86. The van der Waals surface area contributed by atoms with Crippen LogP contribution in [0.2, 0.25) is 5.02 Å². The van der Waals surface area contributed by atoms with Crippen LogP contribution in [-0.4, -0.2) is 23.5 Å². The molecule has 2 aliphatic carbocycles. The van der Waals surface area contributed by atoms with Crippen LogP contribution in [-0.2, 0) is 15.0 Å². The highest BCUT2D eigenvalue weighted by Crippen LogP contribution is 2.49. The highest BCUT2D eigenvalue weighted by atomic mass is 35.5. The first-order valence-corrected chi connectivity index (χ1v) is 8.64. The van der Waals surface area contributed by atoms with Gasteiger partial charge in [0, 0.05) is 11.6 Å². The van der Waals surface area contributed by atoms with E-state index < -0.39 is 16.8 Å². The number of hydrogen-bond acceptors (Lipinski definition) is 2. The van der Waals surface area contributed by atoms with Crippen molar-refractivity contribution in [1.29, 1.82) is 0 Å². The second-order valence-electron chi connectivity index (χ2n) is 6.92. The monoisotopic (exact) mass is 335 g/mol. The van der Waals surface area contributed by atoms with Gasteiger partial charge in [0.1, 0.15) is 0 Å². The van der Waals surface area contributed by atoms with Crippen molar-refractivity contribution in [1.82, 2.24) is 5.32 Å². The Labute approximate surface area is 141 Å². The van der Waals surface area contributed by atoms with Crippen LogP contribution in [0.3, 0.4) is 0 Å². The number of carbonyl (C=O) groups excluding carboxylic acids is 1. The molecule has 4 nitrogen and oxygen atoms in total. The van der Waals surface area contributed by atoms with Crippen LogP contribution < -0.4 is 5.32 Å². The number of rotatable bonds is 5. The van der Waals surface area contributed by atoms with E-state index in [4.69, 9.17) is 11.6 Å². The molecule has 0 atom stereocenters. The maximum absolute atomic E-state index is 12.7. The van der Waals surface area contributed by atoms with Gasteiger partial charge in [0.25, 0.3) is 0 Å². The van der Waals surface area contributed by atoms with Gasteiger partial charge in [0.15, 0.2) is 0 Å². The first kappa shape index (κ1) is 16.3. The molecule has 0 aromatic heterocycles. The number of benzene rings is 1. The van der Waals surface area contributed by atoms with Gasteiger partial charge >= 0.3 is 5.97 Å². The highest BCUT2D eigenvalue weighted by molar-refractivity contribution is 6.30. The van der Waals surface area contributed by atoms with Crippen molar-refractivity contribution < 1.29 is 14.7 Å². The number of hydrogen-bond donors (Lipinski definition) is 2. The van der Waals surface area contributed by atoms with Crippen molar-refractivity contribution in [2.45, 2.75) is 50.4 Å². The Morgan fingerprint density at radius 3 is 2.39 bits per heavy atom. The molecule has 0 radical (unpaired) electrons. The molecular formula is C18H22ClNO3. The molecule has 0 heterocycles. The van der Waals surface area contributed by atoms with Crippen molar-refractivity contribution in [2.24, 2.45) is 5.41 Å². The zero-order chi connectivity index (χ0) is 16.5. The molecule has 1 aromatic carbocycles. The summed E-state index contributed by atoms with van der Waals surface area (Å²) in [7, 11) is 0. The Kier molecular flexibility index (Phi) is 4.37. The van der Waals surface area contributed by atoms with Gasteiger partial charge in [0.2, 0.25) is 5.91 Å². The summed E-state index contributed by atoms with van der Waals surface area (Å²) < 4.78 is 0. The maximum atomic E-state index is 12.7. The average Bonchev–Trinajstić information content (AvgIpc) is 3.35. The molecule has 23 heavy (non-hydrogen) atoms. The Balaban J connectivity index is 1.70. The zero-order valence-corrected chi connectivity index (χ0v) is 13.9. The van der Waals surface area contributed by atoms with Crippen molar-refractivity contribution >= 4 is 23.5 Å². The van der Waals surface area contributed by atoms with Gasteiger partial charge in [0.05, 0.1) is 10.8 Å². The molecule has 1 aromatic rings. The van der Waals surface area contributed by atoms with Crippen molar-refractivity contribution in [3.8, 4) is 0 Å². The fourth-order valence-electron chi connectivity index (χ4n) is 3.67. The summed E-state index contributed by atoms with van der Waals surface area (Å²) in [6.07, 6.45) is 5.79. The molecule has 2 saturated carbocycles. The maximum Gasteiger partial charge on any atom is 0.311 e. The Hall–Kier alpha value is -1.55. The minimum Gasteiger partial charge on any atom is -0.481 e. The number of carboxylic acid groups (broad SMARTS) is 1. The molecule has 2 N–H and O–H groups in total. The zero-order valence-electron chi connectivity index (χ0n) is 13.1. The molecule has 0 spiro atoms. The predicted octanol–water partition coefficient (Wildman–Crippen LogP) is 3.52. The molecule has 1 amide bonds. The van der Waals surface area contributed by atoms with Crippen LogP contribution in [0.1, 0.15) is 50.5 Å². The van der Waals surface area contributed by atoms with Gasteiger partial charge in [-0.3, -0.25) is 9.59 Å². The second kappa shape index (κ2) is 6.16. The number of carbonyl (C=O) groups is 2. The third-order valence-corrected chi connectivity index (χ3v) is 5.65. The molecule has 124 valence electrons. The predicted molar refractivity (Wildman–Crippen MR) is 88.5 cm³/mol. The van der Waals surface area contributed by atoms with Crippen LogP contribution in [0.15, 0.2) is 24.3 Å². The van der Waals surface area contributed by atoms with Crippen LogP contribution in [0.5, 0.6) is 0 Å². The topological polar surface area (TPSA) is 66.4 Å². The summed E-state index contributed by atoms with van der Waals surface area (Å²) in [6.45, 7) is 0.226. The Bertz CT molecular complexity index is 618. The summed E-state index contributed by atoms with van der Waals surface area (Å²) in [6, 6.07) is 7.40. The van der Waals surface area contributed by atoms with E-state index in [2.05, 4.69) is 5.32 Å². The van der Waals surface area contributed by atoms with E-state index >= 15 is 0 Å². The average molecular weight is 336 g/mol. The Morgan fingerprint density at radius 1 is 1.13 bits per heavy atom. The van der Waals surface area contributed by atoms with Gasteiger partial charge < -0.3 is 10.4 Å². The molecule has 3 rings (SSSR count). The molecule has 2 aliphatic rings. The molecular weight excluding hydrogens is 314 g/mol. The van der Waals surface area contributed by atoms with Gasteiger partial charge in [-0.25, -0.2) is 0 Å². The fraction of sp³-hybridized carbons (Fsp3) is 0.556. The van der Waals surface area contributed by atoms with E-state index in [1.165, 1.54) is 0 Å². The van der Waals surface area contributed by atoms with Gasteiger partial charge in [-0.2, -0.15) is 0 Å². The van der Waals surface area contributed by atoms with E-state index in [0.717, 1.165) is 37.7 Å². The van der Waals surface area contributed by atoms with Crippen molar-refractivity contribution in [3.63, 3.8) is 0 Å². The van der Waals surface area contributed by atoms with Gasteiger partial charge in [-0.15, -0.1) is 0 Å². The van der Waals surface area contributed by atoms with E-state index in [1.54, 1.807) is 6.07 Å². The summed E-state index contributed by atoms with van der Waals surface area (Å²) in [5.41, 5.74) is -0.382. The summed E-state index contributed by atoms with van der Waals surface area (Å²) >= 11 is 6.04. The lowest BCUT2D eigenvalue weighted by atomic mass is 9.74. The third kappa shape index (κ3) is 3.09. The molecule has 0 unspecified atom stereocenters. The lowest BCUT2D eigenvalue weighted by Gasteiger charge is -2.33. The minimum absolute atomic E-state index is 0.0639. The van der Waals surface area contributed by atoms with E-state index in [0.29, 0.717) is 17.9 Å². The largest absolute Gasteiger partial charge is 0.481 e. The smallest absolute Gasteiger partial charge is 0.311 e. The van der Waals surface area contributed by atoms with Crippen LogP contribution in [0.25, 0.3) is 0 Å². The molecule has 0 saturated heterocycles. The molecule has 0 bridgehead atoms. The van der Waals surface area contributed by atoms with Gasteiger partial charge in [-0.05, 0) is 43.4 Å². The van der Waals surface area contributed by atoms with E-state index in [1.807, 2.05) is 18.2 Å². The SMILES string of the molecule is O=C(O)C1(CNC(=O)C2(c3cccc(Cl)c3)CC2)CCCCC1. The molecule has 5 heteroatoms. The number of amides is 1. The van der Waals surface area contributed by atoms with Crippen molar-refractivity contribution in [3.05, 3.63) is 34.9 Å². The lowest BCUT2D eigenvalue weighted by Crippen LogP contribution is -2.47. The Morgan fingerprint density at radius 2 is 1.83 bits per heavy atom. The highest BCUT2D eigenvalue weighted by Gasteiger charge is 2.52. The first-order valence-electron chi connectivity index (χ1n) is 8.26. The summed E-state index contributed by atoms with van der Waals surface area (Å²) in [5, 5.41) is 13.2. The minimum atomic E-state index is -0.793. The van der Waals surface area contributed by atoms with Crippen LogP contribution >= 0.6 is 11.6 Å². The number of nitrogens with one attached hydrogen (secondary N) is 1. The van der Waals surface area contributed by atoms with Crippen molar-refractivity contribution in [2.75, 3.05) is 6.54 Å². The number of carboxylic acids is 1. The quantitative estimate of drug-likeness (QED) is 0.865. The van der Waals surface area contributed by atoms with Gasteiger partial charge in [-0.1, -0.05) is 43.0 Å². The van der Waals surface area contributed by atoms with Crippen LogP contribution in [0, 0.1) is 5.41 Å². The number of aliphatic carboxylic acids is 1. The van der Waals surface area contributed by atoms with Crippen LogP contribution in [0.4, 0.5) is 0 Å². The summed E-state index contributed by atoms with van der Waals surface area (Å²) in [5.74, 6) is -0.851. The van der Waals surface area contributed by atoms with E-state index in [-0.39, 0.29) is 12.5 Å². The standard InChI is InChI=1S/C18H22ClNO3/c19-14-6-4-5-13(11-14)18(9-10-18)15(21)20-12-17(16(22)23)7-2-1-3-8-17/h4-6,11H,1-3,7-10,12H2,(H,20,21)(H,22,23). The molecule has 0 aliphatic heterocycles. The summed E-state index contributed by atoms with van der Waals surface area (Å²) in [4.78, 5) is 24.4.